The van der Waals surface area contributed by atoms with Gasteiger partial charge in [-0.25, -0.2) is 0 Å². The predicted molar refractivity (Wildman–Crippen MR) is 59.5 cm³/mol. The van der Waals surface area contributed by atoms with E-state index in [0.29, 0.717) is 12.8 Å². The highest BCUT2D eigenvalue weighted by Gasteiger charge is 2.10. The van der Waals surface area contributed by atoms with Crippen molar-refractivity contribution >= 4 is 5.91 Å². The third-order valence-electron chi connectivity index (χ3n) is 2.23. The summed E-state index contributed by atoms with van der Waals surface area (Å²) in [5, 5.41) is 11.9. The third kappa shape index (κ3) is 4.13. The second-order valence-corrected chi connectivity index (χ2v) is 3.49. The highest BCUT2D eigenvalue weighted by atomic mass is 16.3. The summed E-state index contributed by atoms with van der Waals surface area (Å²) in [7, 11) is 0. The minimum atomic E-state index is -0.181. The van der Waals surface area contributed by atoms with Crippen LogP contribution in [0.15, 0.2) is 30.3 Å². The van der Waals surface area contributed by atoms with Gasteiger partial charge in [-0.15, -0.1) is 0 Å². The van der Waals surface area contributed by atoms with Gasteiger partial charge in [-0.1, -0.05) is 37.3 Å². The standard InChI is InChI=1S/C12H17NO2/c1-2-12(15)13-11(9-14)8-10-6-4-3-5-7-10/h3-7,11,14H,2,8-9H2,1H3,(H,13,15). The first-order valence-electron chi connectivity index (χ1n) is 5.20. The average Bonchev–Trinajstić information content (AvgIpc) is 2.29. The van der Waals surface area contributed by atoms with Crippen molar-refractivity contribution in [2.75, 3.05) is 6.61 Å². The molecule has 0 aliphatic heterocycles. The van der Waals surface area contributed by atoms with Crippen LogP contribution < -0.4 is 5.32 Å². The van der Waals surface area contributed by atoms with Crippen LogP contribution in [0.2, 0.25) is 0 Å². The van der Waals surface area contributed by atoms with Crippen LogP contribution >= 0.6 is 0 Å². The Kier molecular flexibility index (Phi) is 4.84. The summed E-state index contributed by atoms with van der Waals surface area (Å²) in [6.07, 6.45) is 1.12. The number of nitrogens with one attached hydrogen (secondary N) is 1. The lowest BCUT2D eigenvalue weighted by atomic mass is 10.1. The lowest BCUT2D eigenvalue weighted by Crippen LogP contribution is -2.38. The first-order chi connectivity index (χ1) is 7.26. The maximum absolute atomic E-state index is 11.1. The van der Waals surface area contributed by atoms with Gasteiger partial charge >= 0.3 is 0 Å². The number of aliphatic hydroxyl groups excluding tert-OH is 1. The second kappa shape index (κ2) is 6.19. The van der Waals surface area contributed by atoms with E-state index >= 15 is 0 Å². The van der Waals surface area contributed by atoms with Crippen molar-refractivity contribution in [2.24, 2.45) is 0 Å². The van der Waals surface area contributed by atoms with Crippen molar-refractivity contribution in [1.82, 2.24) is 5.32 Å². The maximum atomic E-state index is 11.1. The normalized spacial score (nSPS) is 12.1. The largest absolute Gasteiger partial charge is 0.394 e. The molecule has 0 aliphatic rings. The van der Waals surface area contributed by atoms with Gasteiger partial charge in [0.1, 0.15) is 0 Å². The van der Waals surface area contributed by atoms with E-state index in [-0.39, 0.29) is 18.6 Å². The number of hydrogen-bond acceptors (Lipinski definition) is 2. The minimum absolute atomic E-state index is 0.0232. The highest BCUT2D eigenvalue weighted by molar-refractivity contribution is 5.75. The van der Waals surface area contributed by atoms with Crippen molar-refractivity contribution in [1.29, 1.82) is 0 Å². The molecule has 15 heavy (non-hydrogen) atoms. The van der Waals surface area contributed by atoms with Crippen LogP contribution in [0.1, 0.15) is 18.9 Å². The lowest BCUT2D eigenvalue weighted by Gasteiger charge is -2.15. The Hall–Kier alpha value is -1.35. The van der Waals surface area contributed by atoms with Gasteiger partial charge in [-0.05, 0) is 12.0 Å². The number of carbonyl (C=O) groups is 1. The molecule has 0 saturated heterocycles. The molecule has 82 valence electrons. The Morgan fingerprint density at radius 2 is 2.07 bits per heavy atom. The van der Waals surface area contributed by atoms with Gasteiger partial charge in [0, 0.05) is 6.42 Å². The van der Waals surface area contributed by atoms with Crippen molar-refractivity contribution in [3.8, 4) is 0 Å². The van der Waals surface area contributed by atoms with Gasteiger partial charge in [-0.3, -0.25) is 4.79 Å². The molecule has 0 bridgehead atoms. The second-order valence-electron chi connectivity index (χ2n) is 3.49. The maximum Gasteiger partial charge on any atom is 0.220 e. The zero-order valence-corrected chi connectivity index (χ0v) is 8.94. The van der Waals surface area contributed by atoms with Crippen molar-refractivity contribution < 1.29 is 9.90 Å². The summed E-state index contributed by atoms with van der Waals surface area (Å²) >= 11 is 0. The Bertz CT molecular complexity index is 298. The summed E-state index contributed by atoms with van der Waals surface area (Å²) in [5.41, 5.74) is 1.12. The molecule has 1 aromatic rings. The van der Waals surface area contributed by atoms with E-state index in [2.05, 4.69) is 5.32 Å². The summed E-state index contributed by atoms with van der Waals surface area (Å²) in [6.45, 7) is 1.77. The van der Waals surface area contributed by atoms with Crippen LogP contribution in [0, 0.1) is 0 Å². The van der Waals surface area contributed by atoms with Gasteiger partial charge in [0.25, 0.3) is 0 Å². The first-order valence-corrected chi connectivity index (χ1v) is 5.20. The Morgan fingerprint density at radius 3 is 2.60 bits per heavy atom. The average molecular weight is 207 g/mol. The third-order valence-corrected chi connectivity index (χ3v) is 2.23. The summed E-state index contributed by atoms with van der Waals surface area (Å²) in [6, 6.07) is 9.64. The molecule has 0 spiro atoms. The summed E-state index contributed by atoms with van der Waals surface area (Å²) in [5.74, 6) is -0.0232. The number of hydrogen-bond donors (Lipinski definition) is 2. The molecule has 3 heteroatoms. The molecule has 1 amide bonds. The summed E-state index contributed by atoms with van der Waals surface area (Å²) < 4.78 is 0. The smallest absolute Gasteiger partial charge is 0.220 e. The molecule has 0 fully saturated rings. The van der Waals surface area contributed by atoms with E-state index < -0.39 is 0 Å². The molecule has 0 radical (unpaired) electrons. The fourth-order valence-electron chi connectivity index (χ4n) is 1.39. The first kappa shape index (κ1) is 11.7. The zero-order valence-electron chi connectivity index (χ0n) is 8.94. The van der Waals surface area contributed by atoms with Gasteiger partial charge in [-0.2, -0.15) is 0 Å². The molecule has 0 aromatic heterocycles. The SMILES string of the molecule is CCC(=O)NC(CO)Cc1ccccc1. The van der Waals surface area contributed by atoms with E-state index in [1.807, 2.05) is 30.3 Å². The summed E-state index contributed by atoms with van der Waals surface area (Å²) in [4.78, 5) is 11.1. The quantitative estimate of drug-likeness (QED) is 0.760. The molecule has 1 aromatic carbocycles. The zero-order chi connectivity index (χ0) is 11.1. The van der Waals surface area contributed by atoms with Crippen molar-refractivity contribution in [2.45, 2.75) is 25.8 Å². The van der Waals surface area contributed by atoms with Gasteiger partial charge < -0.3 is 10.4 Å². The van der Waals surface area contributed by atoms with Gasteiger partial charge in [0.15, 0.2) is 0 Å². The van der Waals surface area contributed by atoms with Crippen LogP contribution in [0.25, 0.3) is 0 Å². The van der Waals surface area contributed by atoms with E-state index in [0.717, 1.165) is 5.56 Å². The lowest BCUT2D eigenvalue weighted by molar-refractivity contribution is -0.121. The number of rotatable bonds is 5. The Labute approximate surface area is 90.1 Å². The molecular formula is C12H17NO2. The number of amides is 1. The Morgan fingerprint density at radius 1 is 1.40 bits per heavy atom. The minimum Gasteiger partial charge on any atom is -0.394 e. The van der Waals surface area contributed by atoms with Crippen LogP contribution in [0.3, 0.4) is 0 Å². The van der Waals surface area contributed by atoms with Crippen LogP contribution in [-0.4, -0.2) is 23.7 Å². The van der Waals surface area contributed by atoms with E-state index in [9.17, 15) is 4.79 Å². The van der Waals surface area contributed by atoms with Crippen LogP contribution in [-0.2, 0) is 11.2 Å². The molecule has 0 aliphatic carbocycles. The van der Waals surface area contributed by atoms with Crippen molar-refractivity contribution in [3.05, 3.63) is 35.9 Å². The van der Waals surface area contributed by atoms with Crippen LogP contribution in [0.5, 0.6) is 0 Å². The molecule has 1 atom stereocenters. The number of carbonyl (C=O) groups excluding carboxylic acids is 1. The molecule has 1 rings (SSSR count). The molecule has 1 unspecified atom stereocenters. The molecule has 0 saturated carbocycles. The molecule has 0 heterocycles. The van der Waals surface area contributed by atoms with Crippen molar-refractivity contribution in [3.63, 3.8) is 0 Å². The van der Waals surface area contributed by atoms with Gasteiger partial charge in [0.2, 0.25) is 5.91 Å². The molecule has 2 N–H and O–H groups in total. The van der Waals surface area contributed by atoms with Crippen LogP contribution in [0.4, 0.5) is 0 Å². The molecule has 3 nitrogen and oxygen atoms in total. The fraction of sp³-hybridized carbons (Fsp3) is 0.417. The molecular weight excluding hydrogens is 190 g/mol. The number of aliphatic hydroxyl groups is 1. The monoisotopic (exact) mass is 207 g/mol. The van der Waals surface area contributed by atoms with Gasteiger partial charge in [0.05, 0.1) is 12.6 Å². The van der Waals surface area contributed by atoms with E-state index in [4.69, 9.17) is 5.11 Å². The fourth-order valence-corrected chi connectivity index (χ4v) is 1.39. The van der Waals surface area contributed by atoms with E-state index in [1.165, 1.54) is 0 Å². The Balaban J connectivity index is 2.50. The topological polar surface area (TPSA) is 49.3 Å². The predicted octanol–water partition coefficient (Wildman–Crippen LogP) is 1.12. The highest BCUT2D eigenvalue weighted by Crippen LogP contribution is 2.02. The van der Waals surface area contributed by atoms with E-state index in [1.54, 1.807) is 6.92 Å². The number of benzene rings is 1.